The third kappa shape index (κ3) is 2.82. The van der Waals surface area contributed by atoms with Crippen LogP contribution < -0.4 is 5.73 Å². The summed E-state index contributed by atoms with van der Waals surface area (Å²) in [4.78, 5) is 16.1. The fourth-order valence-corrected chi connectivity index (χ4v) is 2.00. The van der Waals surface area contributed by atoms with Gasteiger partial charge in [-0.1, -0.05) is 12.1 Å². The van der Waals surface area contributed by atoms with Crippen LogP contribution in [-0.4, -0.2) is 22.9 Å². The number of ether oxygens (including phenoxy) is 1. The highest BCUT2D eigenvalue weighted by molar-refractivity contribution is 6.04. The molecule has 1 aliphatic rings. The Labute approximate surface area is 111 Å². The maximum Gasteiger partial charge on any atom is 0.322 e. The average Bonchev–Trinajstić information content (AvgIpc) is 2.30. The second-order valence-electron chi connectivity index (χ2n) is 4.48. The number of nitrogen functional groups attached to an aromatic ring is 1. The number of nitrogens with two attached hydrogens (primary N) is 1. The van der Waals surface area contributed by atoms with E-state index in [1.165, 1.54) is 6.08 Å². The number of aliphatic imine (C=N–C) groups is 1. The fraction of sp³-hybridized carbons (Fsp3) is 0.286. The van der Waals surface area contributed by atoms with Gasteiger partial charge in [0.1, 0.15) is 11.7 Å². The van der Waals surface area contributed by atoms with Gasteiger partial charge in [-0.2, -0.15) is 0 Å². The molecule has 3 N–H and O–H groups in total. The topological polar surface area (TPSA) is 84.9 Å². The minimum Gasteiger partial charge on any atom is -0.431 e. The molecular weight excluding hydrogens is 244 g/mol. The molecule has 1 heterocycles. The monoisotopic (exact) mass is 260 g/mol. The van der Waals surface area contributed by atoms with E-state index in [1.807, 2.05) is 6.07 Å². The molecule has 0 radical (unpaired) electrons. The zero-order valence-corrected chi connectivity index (χ0v) is 10.8. The third-order valence-electron chi connectivity index (χ3n) is 2.95. The first kappa shape index (κ1) is 13.3. The zero-order valence-electron chi connectivity index (χ0n) is 10.8. The van der Waals surface area contributed by atoms with Gasteiger partial charge in [0, 0.05) is 5.71 Å². The number of benzene rings is 1. The summed E-state index contributed by atoms with van der Waals surface area (Å²) in [5.41, 5.74) is 7.36. The van der Waals surface area contributed by atoms with Crippen molar-refractivity contribution in [2.24, 2.45) is 10.9 Å². The molecule has 2 atom stereocenters. The molecule has 0 saturated carbocycles. The van der Waals surface area contributed by atoms with E-state index < -0.39 is 18.0 Å². The van der Waals surface area contributed by atoms with Crippen LogP contribution in [0.2, 0.25) is 0 Å². The van der Waals surface area contributed by atoms with E-state index in [1.54, 1.807) is 32.0 Å². The second kappa shape index (κ2) is 5.24. The van der Waals surface area contributed by atoms with Gasteiger partial charge in [0.2, 0.25) is 0 Å². The van der Waals surface area contributed by atoms with Crippen molar-refractivity contribution in [1.82, 2.24) is 0 Å². The van der Waals surface area contributed by atoms with Crippen LogP contribution in [0, 0.1) is 5.92 Å². The largest absolute Gasteiger partial charge is 0.431 e. The molecule has 5 nitrogen and oxygen atoms in total. The number of hydrogen-bond acceptors (Lipinski definition) is 5. The number of esters is 1. The van der Waals surface area contributed by atoms with Crippen LogP contribution in [0.15, 0.2) is 41.1 Å². The van der Waals surface area contributed by atoms with Gasteiger partial charge in [-0.15, -0.1) is 0 Å². The first-order valence-corrected chi connectivity index (χ1v) is 5.97. The number of nitrogens with zero attached hydrogens (tertiary/aromatic N) is 1. The lowest BCUT2D eigenvalue weighted by Gasteiger charge is -2.24. The zero-order chi connectivity index (χ0) is 14.0. The molecule has 2 rings (SSSR count). The Kier molecular flexibility index (Phi) is 3.66. The summed E-state index contributed by atoms with van der Waals surface area (Å²) in [7, 11) is 0. The van der Waals surface area contributed by atoms with E-state index >= 15 is 0 Å². The highest BCUT2D eigenvalue weighted by Gasteiger charge is 2.34. The molecule has 0 bridgehead atoms. The lowest BCUT2D eigenvalue weighted by Crippen LogP contribution is -2.37. The van der Waals surface area contributed by atoms with Crippen molar-refractivity contribution in [3.05, 3.63) is 36.1 Å². The first-order valence-electron chi connectivity index (χ1n) is 5.97. The van der Waals surface area contributed by atoms with Crippen LogP contribution in [0.3, 0.4) is 0 Å². The number of aliphatic hydroxyl groups is 1. The predicted octanol–water partition coefficient (Wildman–Crippen LogP) is 1.80. The summed E-state index contributed by atoms with van der Waals surface area (Å²) < 4.78 is 5.01. The molecule has 0 saturated heterocycles. The number of rotatable bonds is 2. The van der Waals surface area contributed by atoms with E-state index in [4.69, 9.17) is 10.5 Å². The maximum absolute atomic E-state index is 11.8. The number of carbonyl (C=O) groups excluding carboxylic acids is 1. The van der Waals surface area contributed by atoms with Gasteiger partial charge in [0.15, 0.2) is 0 Å². The average molecular weight is 260 g/mol. The molecule has 100 valence electrons. The maximum atomic E-state index is 11.8. The number of aliphatic hydroxyl groups excluding tert-OH is 1. The van der Waals surface area contributed by atoms with E-state index in [0.29, 0.717) is 22.8 Å². The molecule has 5 heteroatoms. The standard InChI is InChI=1S/C14H16N2O3/c1-8-7-12(17)13(14(18)19-8)9(2)16-11-6-4-3-5-10(11)15/h3-7,12-13,17H,15H2,1-2H3. The van der Waals surface area contributed by atoms with Crippen LogP contribution in [0.4, 0.5) is 11.4 Å². The van der Waals surface area contributed by atoms with Crippen molar-refractivity contribution < 1.29 is 14.6 Å². The fourth-order valence-electron chi connectivity index (χ4n) is 2.00. The van der Waals surface area contributed by atoms with Crippen molar-refractivity contribution in [3.8, 4) is 0 Å². The Morgan fingerprint density at radius 1 is 1.42 bits per heavy atom. The molecule has 2 unspecified atom stereocenters. The third-order valence-corrected chi connectivity index (χ3v) is 2.95. The first-order chi connectivity index (χ1) is 8.99. The molecule has 0 aliphatic carbocycles. The summed E-state index contributed by atoms with van der Waals surface area (Å²) in [5, 5.41) is 9.94. The number of cyclic esters (lactones) is 1. The van der Waals surface area contributed by atoms with Crippen molar-refractivity contribution in [2.45, 2.75) is 20.0 Å². The van der Waals surface area contributed by atoms with E-state index in [-0.39, 0.29) is 0 Å². The normalized spacial score (nSPS) is 23.8. The molecule has 19 heavy (non-hydrogen) atoms. The molecular formula is C14H16N2O3. The number of anilines is 1. The van der Waals surface area contributed by atoms with Gasteiger partial charge >= 0.3 is 5.97 Å². The van der Waals surface area contributed by atoms with Gasteiger partial charge < -0.3 is 15.6 Å². The molecule has 1 aromatic rings. The van der Waals surface area contributed by atoms with Crippen LogP contribution in [0.25, 0.3) is 0 Å². The quantitative estimate of drug-likeness (QED) is 0.482. The van der Waals surface area contributed by atoms with Crippen LogP contribution in [0.1, 0.15) is 13.8 Å². The Morgan fingerprint density at radius 2 is 2.11 bits per heavy atom. The van der Waals surface area contributed by atoms with Gasteiger partial charge in [0.05, 0.1) is 17.5 Å². The minimum atomic E-state index is -0.921. The summed E-state index contributed by atoms with van der Waals surface area (Å²) >= 11 is 0. The molecule has 1 aromatic carbocycles. The molecule has 0 amide bonds. The van der Waals surface area contributed by atoms with E-state index in [2.05, 4.69) is 4.99 Å². The van der Waals surface area contributed by atoms with Gasteiger partial charge in [0.25, 0.3) is 0 Å². The number of hydrogen-bond donors (Lipinski definition) is 2. The SMILES string of the molecule is CC1=CC(O)C(C(C)=Nc2ccccc2N)C(=O)O1. The minimum absolute atomic E-state index is 0.403. The van der Waals surface area contributed by atoms with Gasteiger partial charge in [-0.25, -0.2) is 0 Å². The van der Waals surface area contributed by atoms with Crippen molar-refractivity contribution in [3.63, 3.8) is 0 Å². The number of para-hydroxylation sites is 2. The smallest absolute Gasteiger partial charge is 0.322 e. The summed E-state index contributed by atoms with van der Waals surface area (Å²) in [6, 6.07) is 7.09. The highest BCUT2D eigenvalue weighted by atomic mass is 16.5. The lowest BCUT2D eigenvalue weighted by atomic mass is 9.95. The Morgan fingerprint density at radius 3 is 2.74 bits per heavy atom. The molecule has 0 fully saturated rings. The van der Waals surface area contributed by atoms with Crippen LogP contribution >= 0.6 is 0 Å². The Bertz CT molecular complexity index is 564. The van der Waals surface area contributed by atoms with Crippen molar-refractivity contribution in [2.75, 3.05) is 5.73 Å². The predicted molar refractivity (Wildman–Crippen MR) is 73.0 cm³/mol. The Hall–Kier alpha value is -2.14. The summed E-state index contributed by atoms with van der Waals surface area (Å²) in [6.07, 6.45) is 0.578. The van der Waals surface area contributed by atoms with Crippen molar-refractivity contribution in [1.29, 1.82) is 0 Å². The van der Waals surface area contributed by atoms with Crippen LogP contribution in [-0.2, 0) is 9.53 Å². The van der Waals surface area contributed by atoms with Crippen molar-refractivity contribution >= 4 is 23.1 Å². The number of carbonyl (C=O) groups is 1. The summed E-state index contributed by atoms with van der Waals surface area (Å²) in [6.45, 7) is 3.30. The summed E-state index contributed by atoms with van der Waals surface area (Å²) in [5.74, 6) is -0.882. The van der Waals surface area contributed by atoms with E-state index in [9.17, 15) is 9.90 Å². The lowest BCUT2D eigenvalue weighted by molar-refractivity contribution is -0.145. The molecule has 0 aromatic heterocycles. The van der Waals surface area contributed by atoms with Gasteiger partial charge in [-0.05, 0) is 32.1 Å². The van der Waals surface area contributed by atoms with Crippen LogP contribution in [0.5, 0.6) is 0 Å². The second-order valence-corrected chi connectivity index (χ2v) is 4.48. The van der Waals surface area contributed by atoms with Gasteiger partial charge in [-0.3, -0.25) is 9.79 Å². The molecule has 1 aliphatic heterocycles. The molecule has 0 spiro atoms. The van der Waals surface area contributed by atoms with E-state index in [0.717, 1.165) is 0 Å². The number of allylic oxidation sites excluding steroid dienone is 1. The highest BCUT2D eigenvalue weighted by Crippen LogP contribution is 2.25. The Balaban J connectivity index is 2.32.